The Balaban J connectivity index is 1.36. The minimum atomic E-state index is -0.0303. The first kappa shape index (κ1) is 19.0. The van der Waals surface area contributed by atoms with E-state index in [1.165, 1.54) is 22.9 Å². The van der Waals surface area contributed by atoms with Crippen LogP contribution in [0.25, 0.3) is 0 Å². The van der Waals surface area contributed by atoms with Gasteiger partial charge in [-0.3, -0.25) is 4.90 Å². The molecule has 152 valence electrons. The Kier molecular flexibility index (Phi) is 5.29. The number of nitrogens with zero attached hydrogens (tertiary/aromatic N) is 4. The SMILES string of the molecule is Cn1cnnc1Sc1ccc(CN2Cc3ccccc3O[C@@H](c3ccccc3)C2)o1. The normalized spacial score (nSPS) is 16.6. The van der Waals surface area contributed by atoms with Gasteiger partial charge in [0, 0.05) is 25.7 Å². The second-order valence-corrected chi connectivity index (χ2v) is 8.31. The number of fused-ring (bicyclic) bond motifs is 1. The van der Waals surface area contributed by atoms with Gasteiger partial charge in [0.05, 0.1) is 6.54 Å². The van der Waals surface area contributed by atoms with Crippen molar-refractivity contribution in [3.63, 3.8) is 0 Å². The summed E-state index contributed by atoms with van der Waals surface area (Å²) >= 11 is 1.47. The Hall–Kier alpha value is -3.03. The molecule has 0 spiro atoms. The zero-order valence-electron chi connectivity index (χ0n) is 16.6. The van der Waals surface area contributed by atoms with Gasteiger partial charge in [-0.25, -0.2) is 0 Å². The summed E-state index contributed by atoms with van der Waals surface area (Å²) in [6, 6.07) is 22.7. The van der Waals surface area contributed by atoms with Crippen molar-refractivity contribution in [2.75, 3.05) is 6.54 Å². The molecule has 1 atom stereocenters. The van der Waals surface area contributed by atoms with E-state index in [4.69, 9.17) is 9.15 Å². The van der Waals surface area contributed by atoms with Gasteiger partial charge in [-0.2, -0.15) is 0 Å². The zero-order chi connectivity index (χ0) is 20.3. The Morgan fingerprint density at radius 1 is 1.03 bits per heavy atom. The van der Waals surface area contributed by atoms with Crippen LogP contribution < -0.4 is 4.74 Å². The van der Waals surface area contributed by atoms with Crippen molar-refractivity contribution in [2.24, 2.45) is 7.05 Å². The lowest BCUT2D eigenvalue weighted by Gasteiger charge is -2.23. The monoisotopic (exact) mass is 418 g/mol. The average Bonchev–Trinajstić information content (AvgIpc) is 3.33. The first-order valence-electron chi connectivity index (χ1n) is 9.87. The third kappa shape index (κ3) is 4.13. The first-order valence-corrected chi connectivity index (χ1v) is 10.7. The number of ether oxygens (including phenoxy) is 1. The molecule has 0 saturated carbocycles. The topological polar surface area (TPSA) is 56.3 Å². The predicted octanol–water partition coefficient (Wildman–Crippen LogP) is 4.70. The van der Waals surface area contributed by atoms with E-state index in [-0.39, 0.29) is 6.10 Å². The van der Waals surface area contributed by atoms with Crippen LogP contribution in [-0.2, 0) is 20.1 Å². The van der Waals surface area contributed by atoms with Crippen molar-refractivity contribution in [3.8, 4) is 5.75 Å². The third-order valence-electron chi connectivity index (χ3n) is 5.11. The van der Waals surface area contributed by atoms with E-state index < -0.39 is 0 Å². The number of hydrogen-bond acceptors (Lipinski definition) is 6. The molecular formula is C23H22N4O2S. The van der Waals surface area contributed by atoms with Gasteiger partial charge in [-0.05, 0) is 35.5 Å². The molecule has 2 aromatic heterocycles. The van der Waals surface area contributed by atoms with Crippen LogP contribution in [0.15, 0.2) is 87.7 Å². The summed E-state index contributed by atoms with van der Waals surface area (Å²) in [4.78, 5) is 2.37. The molecule has 6 nitrogen and oxygen atoms in total. The molecule has 0 bridgehead atoms. The van der Waals surface area contributed by atoms with E-state index in [2.05, 4.69) is 57.6 Å². The number of rotatable bonds is 5. The smallest absolute Gasteiger partial charge is 0.198 e. The van der Waals surface area contributed by atoms with Crippen LogP contribution in [0.4, 0.5) is 0 Å². The molecule has 0 radical (unpaired) electrons. The lowest BCUT2D eigenvalue weighted by molar-refractivity contribution is 0.137. The molecule has 3 heterocycles. The molecule has 30 heavy (non-hydrogen) atoms. The van der Waals surface area contributed by atoms with Crippen LogP contribution in [0.5, 0.6) is 5.75 Å². The second-order valence-electron chi connectivity index (χ2n) is 7.34. The molecule has 0 aliphatic carbocycles. The lowest BCUT2D eigenvalue weighted by Crippen LogP contribution is -2.27. The molecule has 5 rings (SSSR count). The zero-order valence-corrected chi connectivity index (χ0v) is 17.5. The summed E-state index contributed by atoms with van der Waals surface area (Å²) in [5, 5.41) is 9.64. The fourth-order valence-electron chi connectivity index (χ4n) is 3.61. The van der Waals surface area contributed by atoms with Crippen molar-refractivity contribution in [3.05, 3.63) is 89.9 Å². The van der Waals surface area contributed by atoms with Crippen molar-refractivity contribution >= 4 is 11.8 Å². The molecule has 0 fully saturated rings. The lowest BCUT2D eigenvalue weighted by atomic mass is 10.1. The Morgan fingerprint density at radius 3 is 2.70 bits per heavy atom. The number of hydrogen-bond donors (Lipinski definition) is 0. The fourth-order valence-corrected chi connectivity index (χ4v) is 4.36. The molecule has 0 N–H and O–H groups in total. The molecule has 1 aliphatic heterocycles. The minimum Gasteiger partial charge on any atom is -0.484 e. The quantitative estimate of drug-likeness (QED) is 0.468. The van der Waals surface area contributed by atoms with Crippen LogP contribution in [0.3, 0.4) is 0 Å². The highest BCUT2D eigenvalue weighted by Gasteiger charge is 2.25. The van der Waals surface area contributed by atoms with Crippen molar-refractivity contribution in [1.82, 2.24) is 19.7 Å². The number of aromatic nitrogens is 3. The highest BCUT2D eigenvalue weighted by molar-refractivity contribution is 7.99. The summed E-state index contributed by atoms with van der Waals surface area (Å²) in [5.41, 5.74) is 2.37. The molecule has 0 unspecified atom stereocenters. The highest BCUT2D eigenvalue weighted by atomic mass is 32.2. The summed E-state index contributed by atoms with van der Waals surface area (Å²) in [6.45, 7) is 2.30. The molecule has 4 aromatic rings. The maximum Gasteiger partial charge on any atom is 0.198 e. The van der Waals surface area contributed by atoms with E-state index in [1.54, 1.807) is 6.33 Å². The predicted molar refractivity (Wildman–Crippen MR) is 114 cm³/mol. The Morgan fingerprint density at radius 2 is 1.87 bits per heavy atom. The van der Waals surface area contributed by atoms with E-state index >= 15 is 0 Å². The van der Waals surface area contributed by atoms with Gasteiger partial charge in [-0.1, -0.05) is 48.5 Å². The number of furan rings is 1. The first-order chi connectivity index (χ1) is 14.7. The van der Waals surface area contributed by atoms with Crippen molar-refractivity contribution in [1.29, 1.82) is 0 Å². The summed E-state index contributed by atoms with van der Waals surface area (Å²) in [6.07, 6.45) is 1.65. The fraction of sp³-hybridized carbons (Fsp3) is 0.217. The number of para-hydroxylation sites is 1. The van der Waals surface area contributed by atoms with Gasteiger partial charge >= 0.3 is 0 Å². The molecule has 1 aliphatic rings. The number of aryl methyl sites for hydroxylation is 1. The Bertz CT molecular complexity index is 1120. The van der Waals surface area contributed by atoms with Crippen molar-refractivity contribution < 1.29 is 9.15 Å². The maximum atomic E-state index is 6.41. The van der Waals surface area contributed by atoms with Crippen LogP contribution in [0.2, 0.25) is 0 Å². The highest BCUT2D eigenvalue weighted by Crippen LogP contribution is 2.33. The van der Waals surface area contributed by atoms with E-state index in [1.807, 2.05) is 35.9 Å². The van der Waals surface area contributed by atoms with Crippen LogP contribution in [-0.4, -0.2) is 26.2 Å². The molecule has 0 amide bonds. The Labute approximate surface area is 179 Å². The summed E-state index contributed by atoms with van der Waals surface area (Å²) in [5.74, 6) is 1.87. The summed E-state index contributed by atoms with van der Waals surface area (Å²) in [7, 11) is 1.92. The van der Waals surface area contributed by atoms with Gasteiger partial charge in [0.15, 0.2) is 10.2 Å². The van der Waals surface area contributed by atoms with Gasteiger partial charge in [0.2, 0.25) is 0 Å². The molecule has 0 saturated heterocycles. The minimum absolute atomic E-state index is 0.0303. The van der Waals surface area contributed by atoms with E-state index in [0.717, 1.165) is 34.8 Å². The van der Waals surface area contributed by atoms with E-state index in [9.17, 15) is 0 Å². The number of benzene rings is 2. The van der Waals surface area contributed by atoms with Gasteiger partial charge in [0.25, 0.3) is 0 Å². The van der Waals surface area contributed by atoms with Crippen LogP contribution in [0.1, 0.15) is 23.0 Å². The van der Waals surface area contributed by atoms with Crippen molar-refractivity contribution in [2.45, 2.75) is 29.4 Å². The average molecular weight is 419 g/mol. The maximum absolute atomic E-state index is 6.41. The van der Waals surface area contributed by atoms with Gasteiger partial charge in [-0.15, -0.1) is 10.2 Å². The molecular weight excluding hydrogens is 396 g/mol. The standard InChI is InChI=1S/C23H22N4O2S/c1-26-16-24-25-23(26)30-22-12-11-19(28-22)14-27-13-18-9-5-6-10-20(18)29-21(15-27)17-7-3-2-4-8-17/h2-12,16,21H,13-15H2,1H3/t21-/m1/s1. The molecule has 2 aromatic carbocycles. The van der Waals surface area contributed by atoms with Gasteiger partial charge < -0.3 is 13.7 Å². The van der Waals surface area contributed by atoms with Crippen LogP contribution in [0, 0.1) is 0 Å². The van der Waals surface area contributed by atoms with E-state index in [0.29, 0.717) is 6.54 Å². The largest absolute Gasteiger partial charge is 0.484 e. The summed E-state index contributed by atoms with van der Waals surface area (Å²) < 4.78 is 14.4. The third-order valence-corrected chi connectivity index (χ3v) is 6.08. The van der Waals surface area contributed by atoms with Gasteiger partial charge in [0.1, 0.15) is 23.9 Å². The molecule has 7 heteroatoms. The second kappa shape index (κ2) is 8.38. The van der Waals surface area contributed by atoms with Crippen LogP contribution >= 0.6 is 11.8 Å².